The minimum atomic E-state index is -0.988. The molecule has 0 spiro atoms. The molecule has 1 saturated heterocycles. The highest BCUT2D eigenvalue weighted by molar-refractivity contribution is 8.00. The van der Waals surface area contributed by atoms with Crippen molar-refractivity contribution >= 4 is 23.4 Å². The highest BCUT2D eigenvalue weighted by Gasteiger charge is 2.38. The number of rotatable bonds is 7. The SMILES string of the molecule is COc1ccc2c(c1)S[C@@H](C(=O)OCCCN1CCN(c3ccccc3O)CC1)[C@@H](O)C(C)O2. The minimum Gasteiger partial charge on any atom is -0.506 e. The molecule has 0 amide bonds. The molecule has 1 fully saturated rings. The molecule has 184 valence electrons. The lowest BCUT2D eigenvalue weighted by molar-refractivity contribution is -0.146. The van der Waals surface area contributed by atoms with E-state index in [1.54, 1.807) is 38.3 Å². The number of carbonyl (C=O) groups is 1. The number of hydrogen-bond donors (Lipinski definition) is 2. The first-order valence-corrected chi connectivity index (χ1v) is 12.5. The minimum absolute atomic E-state index is 0.294. The monoisotopic (exact) mass is 488 g/mol. The summed E-state index contributed by atoms with van der Waals surface area (Å²) in [4.78, 5) is 18.1. The number of phenols is 1. The number of piperazine rings is 1. The third-order valence-corrected chi connectivity index (χ3v) is 7.50. The zero-order chi connectivity index (χ0) is 24.1. The summed E-state index contributed by atoms with van der Waals surface area (Å²) in [5.74, 6) is 1.15. The molecule has 1 unspecified atom stereocenters. The Bertz CT molecular complexity index is 982. The van der Waals surface area contributed by atoms with Gasteiger partial charge in [-0.3, -0.25) is 9.69 Å². The van der Waals surface area contributed by atoms with Gasteiger partial charge in [-0.1, -0.05) is 12.1 Å². The maximum Gasteiger partial charge on any atom is 0.322 e. The van der Waals surface area contributed by atoms with Gasteiger partial charge in [-0.25, -0.2) is 0 Å². The van der Waals surface area contributed by atoms with Crippen LogP contribution in [-0.4, -0.2) is 85.0 Å². The third kappa shape index (κ3) is 5.71. The van der Waals surface area contributed by atoms with E-state index in [-0.39, 0.29) is 0 Å². The smallest absolute Gasteiger partial charge is 0.322 e. The molecule has 2 aliphatic heterocycles. The fraction of sp³-hybridized carbons (Fsp3) is 0.480. The first kappa shape index (κ1) is 24.5. The maximum absolute atomic E-state index is 12.8. The summed E-state index contributed by atoms with van der Waals surface area (Å²) in [7, 11) is 1.58. The van der Waals surface area contributed by atoms with Gasteiger partial charge in [-0.2, -0.15) is 0 Å². The number of ether oxygens (including phenoxy) is 3. The van der Waals surface area contributed by atoms with E-state index in [0.717, 1.165) is 43.3 Å². The number of thioether (sulfide) groups is 1. The van der Waals surface area contributed by atoms with Crippen LogP contribution in [0.1, 0.15) is 13.3 Å². The second kappa shape index (κ2) is 11.2. The van der Waals surface area contributed by atoms with Crippen molar-refractivity contribution in [1.29, 1.82) is 0 Å². The molecule has 8 nitrogen and oxygen atoms in total. The Morgan fingerprint density at radius 3 is 2.68 bits per heavy atom. The number of phenolic OH excluding ortho intramolecular Hbond substituents is 1. The van der Waals surface area contributed by atoms with Crippen molar-refractivity contribution in [3.8, 4) is 17.2 Å². The van der Waals surface area contributed by atoms with Crippen LogP contribution in [-0.2, 0) is 9.53 Å². The molecule has 2 aliphatic rings. The molecule has 34 heavy (non-hydrogen) atoms. The zero-order valence-corrected chi connectivity index (χ0v) is 20.4. The van der Waals surface area contributed by atoms with Gasteiger partial charge in [-0.05, 0) is 43.7 Å². The number of carbonyl (C=O) groups excluding carboxylic acids is 1. The Labute approximate surface area is 204 Å². The molecule has 9 heteroatoms. The largest absolute Gasteiger partial charge is 0.506 e. The van der Waals surface area contributed by atoms with E-state index >= 15 is 0 Å². The van der Waals surface area contributed by atoms with Crippen molar-refractivity contribution in [2.24, 2.45) is 0 Å². The van der Waals surface area contributed by atoms with Gasteiger partial charge in [0.1, 0.15) is 34.7 Å². The van der Waals surface area contributed by atoms with E-state index < -0.39 is 23.4 Å². The van der Waals surface area contributed by atoms with Crippen LogP contribution in [0.3, 0.4) is 0 Å². The van der Waals surface area contributed by atoms with E-state index in [2.05, 4.69) is 9.80 Å². The number of aromatic hydroxyl groups is 1. The molecule has 4 rings (SSSR count). The Morgan fingerprint density at radius 2 is 1.94 bits per heavy atom. The number of nitrogens with zero attached hydrogens (tertiary/aromatic N) is 2. The third-order valence-electron chi connectivity index (χ3n) is 6.20. The average molecular weight is 489 g/mol. The lowest BCUT2D eigenvalue weighted by atomic mass is 10.1. The number of anilines is 1. The van der Waals surface area contributed by atoms with Crippen LogP contribution in [0.15, 0.2) is 47.4 Å². The van der Waals surface area contributed by atoms with Gasteiger partial charge in [-0.15, -0.1) is 11.8 Å². The number of fused-ring (bicyclic) bond motifs is 1. The zero-order valence-electron chi connectivity index (χ0n) is 19.6. The number of hydrogen-bond acceptors (Lipinski definition) is 9. The number of aliphatic hydroxyl groups excluding tert-OH is 1. The van der Waals surface area contributed by atoms with Crippen LogP contribution in [0.25, 0.3) is 0 Å². The van der Waals surface area contributed by atoms with E-state index in [1.807, 2.05) is 18.2 Å². The molecule has 0 radical (unpaired) electrons. The summed E-state index contributed by atoms with van der Waals surface area (Å²) in [5.41, 5.74) is 0.868. The highest BCUT2D eigenvalue weighted by Crippen LogP contribution is 2.40. The quantitative estimate of drug-likeness (QED) is 0.451. The summed E-state index contributed by atoms with van der Waals surface area (Å²) in [6.07, 6.45) is -0.815. The van der Waals surface area contributed by atoms with E-state index in [0.29, 0.717) is 30.3 Å². The van der Waals surface area contributed by atoms with Crippen LogP contribution >= 0.6 is 11.8 Å². The number of benzene rings is 2. The van der Waals surface area contributed by atoms with E-state index in [4.69, 9.17) is 14.2 Å². The second-order valence-corrected chi connectivity index (χ2v) is 9.69. The Morgan fingerprint density at radius 1 is 1.18 bits per heavy atom. The Kier molecular flexibility index (Phi) is 8.07. The normalized spacial score (nSPS) is 22.9. The van der Waals surface area contributed by atoms with Gasteiger partial charge >= 0.3 is 5.97 Å². The molecule has 0 aromatic heterocycles. The second-order valence-electron chi connectivity index (χ2n) is 8.50. The van der Waals surface area contributed by atoms with Gasteiger partial charge in [0.05, 0.1) is 24.3 Å². The van der Waals surface area contributed by atoms with Crippen molar-refractivity contribution in [3.63, 3.8) is 0 Å². The first-order valence-electron chi connectivity index (χ1n) is 11.6. The Hall–Kier alpha value is -2.62. The van der Waals surface area contributed by atoms with Gasteiger partial charge in [0.15, 0.2) is 0 Å². The lowest BCUT2D eigenvalue weighted by Crippen LogP contribution is -2.46. The van der Waals surface area contributed by atoms with Gasteiger partial charge in [0, 0.05) is 32.7 Å². The standard InChI is InChI=1S/C25H32N2O6S/c1-17-23(29)24(34-22-16-18(31-2)8-9-21(22)33-17)25(30)32-15-5-10-26-11-13-27(14-12-26)19-6-3-4-7-20(19)28/h3-4,6-9,16-17,23-24,28-29H,5,10-15H2,1-2H3/t17?,23-,24+/m0/s1. The van der Waals surface area contributed by atoms with E-state index in [1.165, 1.54) is 11.8 Å². The van der Waals surface area contributed by atoms with Gasteiger partial charge in [0.25, 0.3) is 0 Å². The predicted octanol–water partition coefficient (Wildman–Crippen LogP) is 2.76. The molecule has 0 aliphatic carbocycles. The molecule has 2 aromatic carbocycles. The number of aliphatic hydroxyl groups is 1. The molecule has 0 saturated carbocycles. The fourth-order valence-corrected chi connectivity index (χ4v) is 5.42. The summed E-state index contributed by atoms with van der Waals surface area (Å²) >= 11 is 1.25. The highest BCUT2D eigenvalue weighted by atomic mass is 32.2. The van der Waals surface area contributed by atoms with Crippen LogP contribution < -0.4 is 14.4 Å². The summed E-state index contributed by atoms with van der Waals surface area (Å²) in [6, 6.07) is 12.8. The fourth-order valence-electron chi connectivity index (χ4n) is 4.20. The Balaban J connectivity index is 1.24. The molecule has 3 atom stereocenters. The van der Waals surface area contributed by atoms with Crippen molar-refractivity contribution in [1.82, 2.24) is 4.90 Å². The van der Waals surface area contributed by atoms with Crippen LogP contribution in [0.4, 0.5) is 5.69 Å². The van der Waals surface area contributed by atoms with Crippen molar-refractivity contribution in [2.75, 3.05) is 51.3 Å². The molecule has 2 heterocycles. The van der Waals surface area contributed by atoms with E-state index in [9.17, 15) is 15.0 Å². The van der Waals surface area contributed by atoms with Gasteiger partial charge in [0.2, 0.25) is 0 Å². The van der Waals surface area contributed by atoms with Crippen molar-refractivity contribution in [2.45, 2.75) is 35.7 Å². The first-order chi connectivity index (χ1) is 16.5. The van der Waals surface area contributed by atoms with Crippen molar-refractivity contribution in [3.05, 3.63) is 42.5 Å². The van der Waals surface area contributed by atoms with Crippen LogP contribution in [0, 0.1) is 0 Å². The molecular formula is C25H32N2O6S. The summed E-state index contributed by atoms with van der Waals surface area (Å²) in [6.45, 7) is 6.30. The molecular weight excluding hydrogens is 456 g/mol. The topological polar surface area (TPSA) is 91.7 Å². The van der Waals surface area contributed by atoms with Crippen molar-refractivity contribution < 1.29 is 29.2 Å². The number of methoxy groups -OCH3 is 1. The predicted molar refractivity (Wildman–Crippen MR) is 131 cm³/mol. The molecule has 2 N–H and O–H groups in total. The van der Waals surface area contributed by atoms with Gasteiger partial charge < -0.3 is 29.3 Å². The van der Waals surface area contributed by atoms with Crippen LogP contribution in [0.5, 0.6) is 17.2 Å². The summed E-state index contributed by atoms with van der Waals surface area (Å²) < 4.78 is 16.7. The van der Waals surface area contributed by atoms with Crippen LogP contribution in [0.2, 0.25) is 0 Å². The lowest BCUT2D eigenvalue weighted by Gasteiger charge is -2.36. The summed E-state index contributed by atoms with van der Waals surface area (Å²) in [5, 5.41) is 20.0. The number of esters is 1. The molecule has 0 bridgehead atoms. The average Bonchev–Trinajstić information content (AvgIpc) is 2.98. The molecule has 2 aromatic rings. The maximum atomic E-state index is 12.8. The number of para-hydroxylation sites is 2.